The minimum Gasteiger partial charge on any atom is -0.463 e. The number of ether oxygens (including phenoxy) is 4. The van der Waals surface area contributed by atoms with Crippen LogP contribution in [0.25, 0.3) is 11.2 Å². The molecule has 0 unspecified atom stereocenters. The molecule has 1 fully saturated rings. The fourth-order valence-electron chi connectivity index (χ4n) is 3.11. The Morgan fingerprint density at radius 1 is 1.16 bits per heavy atom. The second-order valence-corrected chi connectivity index (χ2v) is 6.51. The number of nitro groups is 1. The van der Waals surface area contributed by atoms with Gasteiger partial charge in [-0.25, -0.2) is 4.98 Å². The highest BCUT2D eigenvalue weighted by atomic mass is 16.7. The molecule has 0 spiro atoms. The lowest BCUT2D eigenvalue weighted by molar-refractivity contribution is -0.394. The molecule has 0 aliphatic carbocycles. The lowest BCUT2D eigenvalue weighted by Gasteiger charge is -2.23. The van der Waals surface area contributed by atoms with Crippen LogP contribution in [0.2, 0.25) is 0 Å². The van der Waals surface area contributed by atoms with Gasteiger partial charge in [-0.2, -0.15) is 0 Å². The molecule has 0 bridgehead atoms. The predicted molar refractivity (Wildman–Crippen MR) is 98.0 cm³/mol. The lowest BCUT2D eigenvalue weighted by Crippen LogP contribution is -2.40. The zero-order valence-electron chi connectivity index (χ0n) is 16.6. The van der Waals surface area contributed by atoms with Gasteiger partial charge in [-0.3, -0.25) is 19.0 Å². The molecule has 31 heavy (non-hydrogen) atoms. The largest absolute Gasteiger partial charge is 0.473 e. The summed E-state index contributed by atoms with van der Waals surface area (Å²) in [5, 5.41) is 11.1. The highest BCUT2D eigenvalue weighted by Crippen LogP contribution is 2.36. The number of esters is 3. The van der Waals surface area contributed by atoms with Crippen LogP contribution in [0.4, 0.5) is 11.8 Å². The number of rotatable bonds is 6. The summed E-state index contributed by atoms with van der Waals surface area (Å²) < 4.78 is 22.6. The number of fused-ring (bicyclic) bond motifs is 1. The first-order chi connectivity index (χ1) is 14.6. The number of nitrogens with two attached hydrogens (primary N) is 1. The second kappa shape index (κ2) is 8.47. The van der Waals surface area contributed by atoms with E-state index in [9.17, 15) is 24.5 Å². The Bertz CT molecular complexity index is 1050. The summed E-state index contributed by atoms with van der Waals surface area (Å²) in [5.41, 5.74) is 5.71. The molecular weight excluding hydrogens is 420 g/mol. The van der Waals surface area contributed by atoms with Crippen molar-refractivity contribution in [3.05, 3.63) is 16.4 Å². The van der Waals surface area contributed by atoms with Crippen molar-refractivity contribution in [2.24, 2.45) is 0 Å². The molecule has 2 aromatic heterocycles. The molecule has 1 aliphatic rings. The van der Waals surface area contributed by atoms with Crippen molar-refractivity contribution in [2.75, 3.05) is 12.3 Å². The SMILES string of the molecule is CC(=O)OC[C@H]1O[C@@H](n2cnc3c(N)nc([N+](=O)[O-])nc32)[C@H](OC(C)=O)[C@@H]1OC(C)=O. The summed E-state index contributed by atoms with van der Waals surface area (Å²) >= 11 is 0. The first-order valence-corrected chi connectivity index (χ1v) is 8.86. The van der Waals surface area contributed by atoms with Crippen LogP contribution < -0.4 is 5.73 Å². The maximum absolute atomic E-state index is 11.7. The van der Waals surface area contributed by atoms with E-state index >= 15 is 0 Å². The van der Waals surface area contributed by atoms with Gasteiger partial charge in [-0.1, -0.05) is 0 Å². The number of anilines is 1. The zero-order chi connectivity index (χ0) is 22.9. The highest BCUT2D eigenvalue weighted by Gasteiger charge is 2.51. The molecule has 15 nitrogen and oxygen atoms in total. The van der Waals surface area contributed by atoms with Crippen LogP contribution in [-0.4, -0.2) is 67.3 Å². The van der Waals surface area contributed by atoms with Crippen molar-refractivity contribution < 1.29 is 38.3 Å². The van der Waals surface area contributed by atoms with Gasteiger partial charge >= 0.3 is 23.9 Å². The Morgan fingerprint density at radius 3 is 2.39 bits per heavy atom. The standard InChI is InChI=1S/C16H18N6O9/c1-6(23)28-4-9-11(29-7(2)24)12(30-8(3)25)15(31-9)21-5-18-10-13(17)19-16(22(26)27)20-14(10)21/h5,9,11-12,15H,4H2,1-3H3,(H2,17,19,20)/t9-,11-,12-,15-/m1/s1. The lowest BCUT2D eigenvalue weighted by atomic mass is 10.1. The Balaban J connectivity index is 2.08. The van der Waals surface area contributed by atoms with Crippen LogP contribution >= 0.6 is 0 Å². The summed E-state index contributed by atoms with van der Waals surface area (Å²) in [5.74, 6) is -3.04. The highest BCUT2D eigenvalue weighted by molar-refractivity contribution is 5.82. The van der Waals surface area contributed by atoms with Gasteiger partial charge in [0.15, 0.2) is 24.0 Å². The summed E-state index contributed by atoms with van der Waals surface area (Å²) in [6.45, 7) is 3.15. The summed E-state index contributed by atoms with van der Waals surface area (Å²) in [6, 6.07) is 0. The number of carbonyl (C=O) groups excluding carboxylic acids is 3. The monoisotopic (exact) mass is 438 g/mol. The van der Waals surface area contributed by atoms with Crippen LogP contribution in [0, 0.1) is 10.1 Å². The Morgan fingerprint density at radius 2 is 1.81 bits per heavy atom. The van der Waals surface area contributed by atoms with Crippen LogP contribution in [0.3, 0.4) is 0 Å². The van der Waals surface area contributed by atoms with Gasteiger partial charge in [0, 0.05) is 20.8 Å². The van der Waals surface area contributed by atoms with Crippen molar-refractivity contribution in [3.8, 4) is 0 Å². The minimum absolute atomic E-state index is 0.0447. The molecule has 1 saturated heterocycles. The van der Waals surface area contributed by atoms with Crippen molar-refractivity contribution in [1.82, 2.24) is 19.5 Å². The quantitative estimate of drug-likeness (QED) is 0.265. The number of nitrogen functional groups attached to an aromatic ring is 1. The summed E-state index contributed by atoms with van der Waals surface area (Å²) in [7, 11) is 0. The van der Waals surface area contributed by atoms with E-state index < -0.39 is 53.3 Å². The molecule has 1 aliphatic heterocycles. The molecule has 166 valence electrons. The topological polar surface area (TPSA) is 201 Å². The van der Waals surface area contributed by atoms with E-state index in [1.54, 1.807) is 0 Å². The zero-order valence-corrected chi connectivity index (χ0v) is 16.6. The average molecular weight is 438 g/mol. The normalized spacial score (nSPS) is 22.8. The minimum atomic E-state index is -1.21. The van der Waals surface area contributed by atoms with E-state index in [0.717, 1.165) is 13.8 Å². The number of hydrogen-bond acceptors (Lipinski definition) is 13. The van der Waals surface area contributed by atoms with Gasteiger partial charge in [0.2, 0.25) is 11.5 Å². The van der Waals surface area contributed by atoms with Crippen LogP contribution in [0.15, 0.2) is 6.33 Å². The van der Waals surface area contributed by atoms with E-state index in [0.29, 0.717) is 0 Å². The number of imidazole rings is 1. The predicted octanol–water partition coefficient (Wildman–Crippen LogP) is -0.359. The molecule has 15 heteroatoms. The third kappa shape index (κ3) is 4.50. The van der Waals surface area contributed by atoms with Crippen molar-refractivity contribution in [2.45, 2.75) is 45.3 Å². The van der Waals surface area contributed by atoms with Gasteiger partial charge in [0.25, 0.3) is 0 Å². The van der Waals surface area contributed by atoms with Gasteiger partial charge in [0.05, 0.1) is 0 Å². The smallest absolute Gasteiger partial charge is 0.463 e. The maximum Gasteiger partial charge on any atom is 0.473 e. The van der Waals surface area contributed by atoms with Crippen LogP contribution in [0.1, 0.15) is 27.0 Å². The van der Waals surface area contributed by atoms with Crippen molar-refractivity contribution in [1.29, 1.82) is 0 Å². The van der Waals surface area contributed by atoms with E-state index in [1.165, 1.54) is 17.8 Å². The molecule has 0 saturated carbocycles. The van der Waals surface area contributed by atoms with Crippen LogP contribution in [-0.2, 0) is 33.3 Å². The first-order valence-electron chi connectivity index (χ1n) is 8.86. The van der Waals surface area contributed by atoms with Crippen LogP contribution in [0.5, 0.6) is 0 Å². The maximum atomic E-state index is 11.7. The van der Waals surface area contributed by atoms with Gasteiger partial charge < -0.3 is 34.8 Å². The van der Waals surface area contributed by atoms with Crippen molar-refractivity contribution in [3.63, 3.8) is 0 Å². The van der Waals surface area contributed by atoms with E-state index in [-0.39, 0.29) is 23.6 Å². The molecule has 3 rings (SSSR count). The third-order valence-corrected chi connectivity index (χ3v) is 4.21. The fourth-order valence-corrected chi connectivity index (χ4v) is 3.11. The van der Waals surface area contributed by atoms with Gasteiger partial charge in [-0.05, 0) is 14.9 Å². The fraction of sp³-hybridized carbons (Fsp3) is 0.500. The van der Waals surface area contributed by atoms with Gasteiger partial charge in [-0.15, -0.1) is 0 Å². The Labute approximate surface area is 173 Å². The molecule has 0 radical (unpaired) electrons. The number of hydrogen-bond donors (Lipinski definition) is 1. The third-order valence-electron chi connectivity index (χ3n) is 4.21. The molecule has 4 atom stereocenters. The molecule has 2 aromatic rings. The number of carbonyl (C=O) groups is 3. The molecule has 0 aromatic carbocycles. The average Bonchev–Trinajstić information content (AvgIpc) is 3.21. The van der Waals surface area contributed by atoms with Gasteiger partial charge in [0.1, 0.15) is 19.0 Å². The Hall–Kier alpha value is -3.88. The molecular formula is C16H18N6O9. The number of nitrogens with zero attached hydrogens (tertiary/aromatic N) is 5. The van der Waals surface area contributed by atoms with E-state index in [2.05, 4.69) is 15.0 Å². The molecule has 3 heterocycles. The summed E-state index contributed by atoms with van der Waals surface area (Å²) in [4.78, 5) is 56.3. The first kappa shape index (κ1) is 21.8. The summed E-state index contributed by atoms with van der Waals surface area (Å²) in [6.07, 6.45) is -3.37. The van der Waals surface area contributed by atoms with E-state index in [1.807, 2.05) is 0 Å². The molecule has 0 amide bonds. The Kier molecular flexibility index (Phi) is 5.96. The second-order valence-electron chi connectivity index (χ2n) is 6.51. The van der Waals surface area contributed by atoms with E-state index in [4.69, 9.17) is 24.7 Å². The number of aromatic nitrogens is 4. The van der Waals surface area contributed by atoms with Crippen molar-refractivity contribution >= 4 is 40.8 Å². The molecule has 2 N–H and O–H groups in total.